The number of nitrogens with zero attached hydrogens (tertiary/aromatic N) is 1. The minimum atomic E-state index is -1.01. The molecule has 4 atom stereocenters. The maximum atomic E-state index is 13.4. The molecule has 1 heterocycles. The van der Waals surface area contributed by atoms with Gasteiger partial charge in [-0.3, -0.25) is 4.79 Å². The standard InChI is InChI=1S/C23H25Cl2NO4/c24-17-7-3-15(4-8-17)21-22(16-5-9-18(25)10-6-16)30-20(11-19(28)13-27)23(29)26(21)12-14-1-2-14/h3-10,14,19-22,27-28H,1-2,11-13H2/t19-,20-,21+,22-/m1/s1. The monoisotopic (exact) mass is 449 g/mol. The normalized spacial score (nSPS) is 25.4. The number of hydrogen-bond donors (Lipinski definition) is 2. The average molecular weight is 450 g/mol. The second-order valence-corrected chi connectivity index (χ2v) is 8.97. The lowest BCUT2D eigenvalue weighted by atomic mass is 9.90. The highest BCUT2D eigenvalue weighted by atomic mass is 35.5. The molecule has 0 radical (unpaired) electrons. The van der Waals surface area contributed by atoms with Gasteiger partial charge in [-0.2, -0.15) is 0 Å². The van der Waals surface area contributed by atoms with Crippen molar-refractivity contribution in [3.8, 4) is 0 Å². The first-order valence-corrected chi connectivity index (χ1v) is 11.0. The van der Waals surface area contributed by atoms with E-state index in [1.165, 1.54) is 0 Å². The number of ether oxygens (including phenoxy) is 1. The van der Waals surface area contributed by atoms with Gasteiger partial charge in [0.2, 0.25) is 0 Å². The summed E-state index contributed by atoms with van der Waals surface area (Å²) in [6, 6.07) is 14.6. The summed E-state index contributed by atoms with van der Waals surface area (Å²) in [5, 5.41) is 20.5. The van der Waals surface area contributed by atoms with E-state index in [4.69, 9.17) is 27.9 Å². The van der Waals surface area contributed by atoms with Crippen molar-refractivity contribution in [1.82, 2.24) is 4.90 Å². The van der Waals surface area contributed by atoms with E-state index in [1.54, 1.807) is 12.1 Å². The van der Waals surface area contributed by atoms with Crippen LogP contribution in [0.1, 0.15) is 42.5 Å². The minimum Gasteiger partial charge on any atom is -0.394 e. The fourth-order valence-electron chi connectivity index (χ4n) is 3.98. The van der Waals surface area contributed by atoms with Crippen LogP contribution in [0.4, 0.5) is 0 Å². The Morgan fingerprint density at radius 1 is 1.00 bits per heavy atom. The van der Waals surface area contributed by atoms with Crippen molar-refractivity contribution in [2.45, 2.75) is 43.6 Å². The summed E-state index contributed by atoms with van der Waals surface area (Å²) in [6.45, 7) is 0.229. The summed E-state index contributed by atoms with van der Waals surface area (Å²) in [6.07, 6.45) is -0.0137. The molecule has 1 aliphatic heterocycles. The molecular formula is C23H25Cl2NO4. The highest BCUT2D eigenvalue weighted by Gasteiger charge is 2.46. The van der Waals surface area contributed by atoms with Gasteiger partial charge in [0.15, 0.2) is 0 Å². The lowest BCUT2D eigenvalue weighted by molar-refractivity contribution is -0.179. The van der Waals surface area contributed by atoms with Gasteiger partial charge in [0.05, 0.1) is 18.8 Å². The molecule has 2 aromatic rings. The van der Waals surface area contributed by atoms with E-state index in [9.17, 15) is 15.0 Å². The van der Waals surface area contributed by atoms with E-state index in [1.807, 2.05) is 41.3 Å². The predicted molar refractivity (Wildman–Crippen MR) is 115 cm³/mol. The lowest BCUT2D eigenvalue weighted by Gasteiger charge is -2.45. The Kier molecular flexibility index (Phi) is 6.66. The molecule has 1 amide bonds. The second kappa shape index (κ2) is 9.25. The predicted octanol–water partition coefficient (Wildman–Crippen LogP) is 4.16. The molecule has 2 aromatic carbocycles. The zero-order chi connectivity index (χ0) is 21.3. The molecule has 2 aliphatic rings. The van der Waals surface area contributed by atoms with Gasteiger partial charge >= 0.3 is 0 Å². The van der Waals surface area contributed by atoms with Crippen LogP contribution in [0.2, 0.25) is 10.0 Å². The molecule has 0 spiro atoms. The average Bonchev–Trinajstić information content (AvgIpc) is 3.56. The number of benzene rings is 2. The molecular weight excluding hydrogens is 425 g/mol. The van der Waals surface area contributed by atoms with Crippen LogP contribution >= 0.6 is 23.2 Å². The first-order valence-electron chi connectivity index (χ1n) is 10.2. The number of aliphatic hydroxyl groups is 2. The zero-order valence-electron chi connectivity index (χ0n) is 16.5. The van der Waals surface area contributed by atoms with E-state index >= 15 is 0 Å². The van der Waals surface area contributed by atoms with Crippen LogP contribution in [0.15, 0.2) is 48.5 Å². The van der Waals surface area contributed by atoms with Crippen molar-refractivity contribution in [2.24, 2.45) is 5.92 Å². The Morgan fingerprint density at radius 2 is 1.57 bits per heavy atom. The van der Waals surface area contributed by atoms with Crippen LogP contribution in [0, 0.1) is 5.92 Å². The number of aliphatic hydroxyl groups excluding tert-OH is 2. The Hall–Kier alpha value is -1.63. The molecule has 5 nitrogen and oxygen atoms in total. The van der Waals surface area contributed by atoms with E-state index in [0.29, 0.717) is 22.5 Å². The molecule has 2 N–H and O–H groups in total. The van der Waals surface area contributed by atoms with Gasteiger partial charge in [-0.1, -0.05) is 47.5 Å². The maximum absolute atomic E-state index is 13.4. The van der Waals surface area contributed by atoms with Gasteiger partial charge in [-0.25, -0.2) is 0 Å². The summed E-state index contributed by atoms with van der Waals surface area (Å²) >= 11 is 12.2. The third-order valence-corrected chi connectivity index (χ3v) is 6.25. The quantitative estimate of drug-likeness (QED) is 0.665. The number of rotatable bonds is 7. The fraction of sp³-hybridized carbons (Fsp3) is 0.435. The number of morpholine rings is 1. The van der Waals surface area contributed by atoms with E-state index in [2.05, 4.69) is 0 Å². The molecule has 1 aliphatic carbocycles. The van der Waals surface area contributed by atoms with Crippen LogP contribution < -0.4 is 0 Å². The van der Waals surface area contributed by atoms with Crippen LogP contribution in [0.3, 0.4) is 0 Å². The SMILES string of the molecule is O=C1[C@@H](C[C@@H](O)CO)O[C@H](c2ccc(Cl)cc2)[C@H](c2ccc(Cl)cc2)N1CC1CC1. The smallest absolute Gasteiger partial charge is 0.252 e. The first-order chi connectivity index (χ1) is 14.5. The van der Waals surface area contributed by atoms with Crippen molar-refractivity contribution in [1.29, 1.82) is 0 Å². The molecule has 4 rings (SSSR count). The zero-order valence-corrected chi connectivity index (χ0v) is 18.0. The summed E-state index contributed by atoms with van der Waals surface area (Å²) < 4.78 is 6.29. The Labute approximate surface area is 186 Å². The van der Waals surface area contributed by atoms with Gasteiger partial charge < -0.3 is 19.8 Å². The van der Waals surface area contributed by atoms with Crippen LogP contribution in [-0.2, 0) is 9.53 Å². The molecule has 1 saturated carbocycles. The third-order valence-electron chi connectivity index (χ3n) is 5.75. The largest absolute Gasteiger partial charge is 0.394 e. The Morgan fingerprint density at radius 3 is 2.10 bits per heavy atom. The van der Waals surface area contributed by atoms with Crippen molar-refractivity contribution in [2.75, 3.05) is 13.2 Å². The number of hydrogen-bond acceptors (Lipinski definition) is 4. The summed E-state index contributed by atoms with van der Waals surface area (Å²) in [7, 11) is 0. The molecule has 30 heavy (non-hydrogen) atoms. The summed E-state index contributed by atoms with van der Waals surface area (Å²) in [4.78, 5) is 15.3. The molecule has 160 valence electrons. The summed E-state index contributed by atoms with van der Waals surface area (Å²) in [5.41, 5.74) is 1.84. The molecule has 1 saturated heterocycles. The molecule has 2 fully saturated rings. The van der Waals surface area contributed by atoms with E-state index in [0.717, 1.165) is 24.0 Å². The molecule has 0 aromatic heterocycles. The third kappa shape index (κ3) is 4.82. The number of carbonyl (C=O) groups excluding carboxylic acids is 1. The second-order valence-electron chi connectivity index (χ2n) is 8.10. The number of carbonyl (C=O) groups is 1. The van der Waals surface area contributed by atoms with Crippen LogP contribution in [0.25, 0.3) is 0 Å². The van der Waals surface area contributed by atoms with Crippen molar-refractivity contribution in [3.63, 3.8) is 0 Å². The van der Waals surface area contributed by atoms with Crippen molar-refractivity contribution >= 4 is 29.1 Å². The van der Waals surface area contributed by atoms with Gasteiger partial charge in [-0.15, -0.1) is 0 Å². The highest BCUT2D eigenvalue weighted by Crippen LogP contribution is 2.45. The first kappa shape index (κ1) is 21.6. The van der Waals surface area contributed by atoms with Gasteiger partial charge in [0.1, 0.15) is 12.2 Å². The minimum absolute atomic E-state index is 0.0495. The van der Waals surface area contributed by atoms with E-state index < -0.39 is 24.9 Å². The van der Waals surface area contributed by atoms with E-state index in [-0.39, 0.29) is 18.4 Å². The highest BCUT2D eigenvalue weighted by molar-refractivity contribution is 6.30. The number of amides is 1. The van der Waals surface area contributed by atoms with Gasteiger partial charge in [-0.05, 0) is 54.2 Å². The van der Waals surface area contributed by atoms with Gasteiger partial charge in [0.25, 0.3) is 5.91 Å². The summed E-state index contributed by atoms with van der Waals surface area (Å²) in [5.74, 6) is 0.329. The van der Waals surface area contributed by atoms with Crippen molar-refractivity contribution < 1.29 is 19.7 Å². The molecule has 0 bridgehead atoms. The van der Waals surface area contributed by atoms with Crippen LogP contribution in [0.5, 0.6) is 0 Å². The molecule has 7 heteroatoms. The molecule has 0 unspecified atom stereocenters. The Balaban J connectivity index is 1.75. The maximum Gasteiger partial charge on any atom is 0.252 e. The van der Waals surface area contributed by atoms with Crippen LogP contribution in [-0.4, -0.2) is 46.4 Å². The topological polar surface area (TPSA) is 70.0 Å². The fourth-order valence-corrected chi connectivity index (χ4v) is 4.24. The number of halogens is 2. The lowest BCUT2D eigenvalue weighted by Crippen LogP contribution is -2.52. The Bertz CT molecular complexity index is 870. The van der Waals surface area contributed by atoms with Gasteiger partial charge in [0, 0.05) is 23.0 Å². The van der Waals surface area contributed by atoms with Crippen molar-refractivity contribution in [3.05, 3.63) is 69.7 Å².